The Morgan fingerprint density at radius 3 is 2.26 bits per heavy atom. The number of rotatable bonds is 8. The Bertz CT molecular complexity index is 896. The highest BCUT2D eigenvalue weighted by atomic mass is 32.2. The minimum atomic E-state index is -4.50. The van der Waals surface area contributed by atoms with Gasteiger partial charge >= 0.3 is 5.97 Å². The van der Waals surface area contributed by atoms with Crippen molar-refractivity contribution in [3.63, 3.8) is 0 Å². The number of benzene rings is 2. The second kappa shape index (κ2) is 8.71. The largest absolute Gasteiger partial charge is 0.464 e. The molecule has 0 spiro atoms. The molecule has 0 saturated carbocycles. The van der Waals surface area contributed by atoms with Gasteiger partial charge in [-0.05, 0) is 24.6 Å². The molecule has 10 heteroatoms. The number of nitro benzene ring substituents is 1. The van der Waals surface area contributed by atoms with Crippen LogP contribution in [0.5, 0.6) is 0 Å². The van der Waals surface area contributed by atoms with Crippen LogP contribution in [0.3, 0.4) is 0 Å². The molecule has 0 bridgehead atoms. The van der Waals surface area contributed by atoms with Crippen LogP contribution >= 0.6 is 0 Å². The smallest absolute Gasteiger partial charge is 0.339 e. The Labute approximate surface area is 155 Å². The van der Waals surface area contributed by atoms with Crippen molar-refractivity contribution in [2.24, 2.45) is 0 Å². The van der Waals surface area contributed by atoms with E-state index in [1.54, 1.807) is 18.2 Å². The predicted octanol–water partition coefficient (Wildman–Crippen LogP) is 1.97. The number of carbonyl (C=O) groups is 1. The predicted molar refractivity (Wildman–Crippen MR) is 93.2 cm³/mol. The zero-order valence-electron chi connectivity index (χ0n) is 14.2. The van der Waals surface area contributed by atoms with Gasteiger partial charge in [0.15, 0.2) is 0 Å². The Hall–Kier alpha value is -2.82. The molecular weight excluding hydrogens is 378 g/mol. The van der Waals surface area contributed by atoms with Crippen LogP contribution in [0.1, 0.15) is 18.6 Å². The van der Waals surface area contributed by atoms with Crippen LogP contribution in [0.15, 0.2) is 59.5 Å². The van der Waals surface area contributed by atoms with Crippen molar-refractivity contribution < 1.29 is 32.2 Å². The van der Waals surface area contributed by atoms with Crippen LogP contribution in [-0.4, -0.2) is 37.1 Å². The van der Waals surface area contributed by atoms with Gasteiger partial charge in [-0.25, -0.2) is 8.98 Å². The normalized spacial score (nSPS) is 13.6. The molecule has 0 heterocycles. The van der Waals surface area contributed by atoms with E-state index in [2.05, 4.69) is 0 Å². The molecule has 2 aromatic rings. The molecule has 0 amide bonds. The summed E-state index contributed by atoms with van der Waals surface area (Å²) in [5, 5.41) is 21.1. The molecular formula is C17H17NO8S. The standard InChI is InChI=1S/C17H17NO8S/c1-2-25-17(20)16(15(19)12-6-4-3-5-7-12)26-27(23,24)14-10-8-13(9-11-14)18(21)22/h3-11,15-16,19H,2H2,1H3/t15-,16+/m1/s1. The van der Waals surface area contributed by atoms with Crippen molar-refractivity contribution in [1.82, 2.24) is 0 Å². The Kier molecular flexibility index (Phi) is 6.61. The summed E-state index contributed by atoms with van der Waals surface area (Å²) in [4.78, 5) is 21.7. The average Bonchev–Trinajstić information content (AvgIpc) is 2.66. The molecule has 0 radical (unpaired) electrons. The van der Waals surface area contributed by atoms with Crippen molar-refractivity contribution in [1.29, 1.82) is 0 Å². The molecule has 144 valence electrons. The van der Waals surface area contributed by atoms with Crippen molar-refractivity contribution in [2.75, 3.05) is 6.61 Å². The summed E-state index contributed by atoms with van der Waals surface area (Å²) in [5.74, 6) is -1.06. The van der Waals surface area contributed by atoms with Crippen LogP contribution in [0.25, 0.3) is 0 Å². The second-order valence-electron chi connectivity index (χ2n) is 5.33. The molecule has 0 saturated heterocycles. The summed E-state index contributed by atoms with van der Waals surface area (Å²) in [6.07, 6.45) is -3.44. The van der Waals surface area contributed by atoms with Gasteiger partial charge in [-0.2, -0.15) is 8.42 Å². The summed E-state index contributed by atoms with van der Waals surface area (Å²) in [5.41, 5.74) is -0.0466. The van der Waals surface area contributed by atoms with Gasteiger partial charge < -0.3 is 9.84 Å². The van der Waals surface area contributed by atoms with Gasteiger partial charge in [-0.3, -0.25) is 10.1 Å². The monoisotopic (exact) mass is 395 g/mol. The van der Waals surface area contributed by atoms with E-state index in [1.165, 1.54) is 19.1 Å². The summed E-state index contributed by atoms with van der Waals surface area (Å²) in [7, 11) is -4.50. The lowest BCUT2D eigenvalue weighted by atomic mass is 10.0. The maximum absolute atomic E-state index is 12.5. The number of aliphatic hydroxyl groups excluding tert-OH is 1. The first-order valence-corrected chi connectivity index (χ1v) is 9.24. The molecule has 0 aliphatic carbocycles. The van der Waals surface area contributed by atoms with Crippen LogP contribution in [-0.2, 0) is 23.8 Å². The minimum Gasteiger partial charge on any atom is -0.464 e. The number of carbonyl (C=O) groups excluding carboxylic acids is 1. The van der Waals surface area contributed by atoms with E-state index < -0.39 is 38.1 Å². The molecule has 2 rings (SSSR count). The third kappa shape index (κ3) is 5.09. The Morgan fingerprint density at radius 1 is 1.15 bits per heavy atom. The number of nitrogens with zero attached hydrogens (tertiary/aromatic N) is 1. The first kappa shape index (κ1) is 20.5. The number of ether oxygens (including phenoxy) is 1. The first-order valence-electron chi connectivity index (χ1n) is 7.83. The molecule has 27 heavy (non-hydrogen) atoms. The van der Waals surface area contributed by atoms with Crippen LogP contribution < -0.4 is 0 Å². The first-order chi connectivity index (χ1) is 12.8. The van der Waals surface area contributed by atoms with Gasteiger partial charge in [0.2, 0.25) is 6.10 Å². The minimum absolute atomic E-state index is 0.0439. The summed E-state index contributed by atoms with van der Waals surface area (Å²) >= 11 is 0. The van der Waals surface area contributed by atoms with Crippen molar-refractivity contribution in [2.45, 2.75) is 24.0 Å². The number of non-ortho nitro benzene ring substituents is 1. The maximum Gasteiger partial charge on any atom is 0.339 e. The topological polar surface area (TPSA) is 133 Å². The molecule has 1 N–H and O–H groups in total. The van der Waals surface area contributed by atoms with E-state index in [4.69, 9.17) is 8.92 Å². The second-order valence-corrected chi connectivity index (χ2v) is 6.90. The van der Waals surface area contributed by atoms with E-state index in [0.29, 0.717) is 0 Å². The molecule has 0 fully saturated rings. The summed E-state index contributed by atoms with van der Waals surface area (Å²) in [6, 6.07) is 11.8. The molecule has 0 unspecified atom stereocenters. The van der Waals surface area contributed by atoms with E-state index in [1.807, 2.05) is 0 Å². The SMILES string of the molecule is CCOC(=O)[C@@H](OS(=O)(=O)c1ccc([N+](=O)[O-])cc1)[C@H](O)c1ccccc1. The van der Waals surface area contributed by atoms with Crippen molar-refractivity contribution in [3.8, 4) is 0 Å². The van der Waals surface area contributed by atoms with Gasteiger partial charge in [0.1, 0.15) is 6.10 Å². The van der Waals surface area contributed by atoms with Crippen LogP contribution in [0.2, 0.25) is 0 Å². The van der Waals surface area contributed by atoms with Gasteiger partial charge in [-0.15, -0.1) is 0 Å². The van der Waals surface area contributed by atoms with Gasteiger partial charge in [0.05, 0.1) is 16.4 Å². The van der Waals surface area contributed by atoms with Gasteiger partial charge in [-0.1, -0.05) is 30.3 Å². The summed E-state index contributed by atoms with van der Waals surface area (Å²) in [6.45, 7) is 1.48. The Balaban J connectivity index is 2.32. The molecule has 9 nitrogen and oxygen atoms in total. The van der Waals surface area contributed by atoms with Gasteiger partial charge in [0.25, 0.3) is 15.8 Å². The van der Waals surface area contributed by atoms with E-state index >= 15 is 0 Å². The fourth-order valence-electron chi connectivity index (χ4n) is 2.20. The molecule has 0 aromatic heterocycles. The fourth-order valence-corrected chi connectivity index (χ4v) is 3.23. The molecule has 0 aliphatic rings. The fraction of sp³-hybridized carbons (Fsp3) is 0.235. The van der Waals surface area contributed by atoms with Gasteiger partial charge in [0, 0.05) is 12.1 Å². The number of aliphatic hydroxyl groups is 1. The lowest BCUT2D eigenvalue weighted by Crippen LogP contribution is -2.35. The van der Waals surface area contributed by atoms with Crippen molar-refractivity contribution >= 4 is 21.8 Å². The molecule has 2 aromatic carbocycles. The Morgan fingerprint density at radius 2 is 1.74 bits per heavy atom. The number of hydrogen-bond donors (Lipinski definition) is 1. The highest BCUT2D eigenvalue weighted by Gasteiger charge is 2.36. The number of hydrogen-bond acceptors (Lipinski definition) is 8. The quantitative estimate of drug-likeness (QED) is 0.310. The lowest BCUT2D eigenvalue weighted by Gasteiger charge is -2.21. The molecule has 2 atom stereocenters. The van der Waals surface area contributed by atoms with E-state index in [-0.39, 0.29) is 17.9 Å². The maximum atomic E-state index is 12.5. The van der Waals surface area contributed by atoms with E-state index in [0.717, 1.165) is 24.3 Å². The molecule has 0 aliphatic heterocycles. The van der Waals surface area contributed by atoms with Crippen LogP contribution in [0.4, 0.5) is 5.69 Å². The number of esters is 1. The lowest BCUT2D eigenvalue weighted by molar-refractivity contribution is -0.384. The average molecular weight is 395 g/mol. The van der Waals surface area contributed by atoms with E-state index in [9.17, 15) is 28.4 Å². The highest BCUT2D eigenvalue weighted by molar-refractivity contribution is 7.86. The summed E-state index contributed by atoms with van der Waals surface area (Å²) < 4.78 is 34.6. The third-order valence-corrected chi connectivity index (χ3v) is 4.82. The zero-order valence-corrected chi connectivity index (χ0v) is 15.0. The zero-order chi connectivity index (χ0) is 20.0. The van der Waals surface area contributed by atoms with Crippen molar-refractivity contribution in [3.05, 3.63) is 70.3 Å². The van der Waals surface area contributed by atoms with Crippen LogP contribution in [0, 0.1) is 10.1 Å². The third-order valence-electron chi connectivity index (χ3n) is 3.51. The number of nitro groups is 1. The highest BCUT2D eigenvalue weighted by Crippen LogP contribution is 2.25.